The molecule has 0 bridgehead atoms. The van der Waals surface area contributed by atoms with Crippen molar-refractivity contribution in [3.05, 3.63) is 18.3 Å². The van der Waals surface area contributed by atoms with Crippen molar-refractivity contribution >= 4 is 0 Å². The molecule has 0 saturated carbocycles. The van der Waals surface area contributed by atoms with Gasteiger partial charge in [-0.15, -0.1) is 0 Å². The summed E-state index contributed by atoms with van der Waals surface area (Å²) in [5, 5.41) is 7.40. The van der Waals surface area contributed by atoms with Gasteiger partial charge in [0, 0.05) is 12.5 Å². The van der Waals surface area contributed by atoms with Crippen LogP contribution >= 0.6 is 0 Å². The monoisotopic (exact) mass is 289 g/mol. The lowest BCUT2D eigenvalue weighted by Gasteiger charge is -2.21. The summed E-state index contributed by atoms with van der Waals surface area (Å²) < 4.78 is 10.4. The van der Waals surface area contributed by atoms with Gasteiger partial charge in [0.05, 0.1) is 7.11 Å². The number of nitrogens with one attached hydrogen (secondary N) is 1. The fourth-order valence-corrected chi connectivity index (χ4v) is 2.53. The summed E-state index contributed by atoms with van der Waals surface area (Å²) in [5.74, 6) is 2.33. The van der Waals surface area contributed by atoms with Crippen molar-refractivity contribution in [2.45, 2.75) is 25.7 Å². The topological polar surface area (TPSA) is 86.0 Å². The van der Waals surface area contributed by atoms with E-state index in [0.717, 1.165) is 25.9 Å². The molecule has 7 nitrogen and oxygen atoms in total. The minimum atomic E-state index is 0.479. The lowest BCUT2D eigenvalue weighted by atomic mass is 9.95. The molecule has 1 aliphatic heterocycles. The molecule has 1 N–H and O–H groups in total. The van der Waals surface area contributed by atoms with Crippen LogP contribution in [-0.2, 0) is 6.42 Å². The summed E-state index contributed by atoms with van der Waals surface area (Å²) in [7, 11) is 1.56. The number of hydrogen-bond donors (Lipinski definition) is 1. The number of rotatable bonds is 5. The molecule has 0 radical (unpaired) electrons. The molecule has 112 valence electrons. The van der Waals surface area contributed by atoms with E-state index in [1.54, 1.807) is 13.2 Å². The third kappa shape index (κ3) is 3.55. The second kappa shape index (κ2) is 6.62. The highest BCUT2D eigenvalue weighted by Gasteiger charge is 2.16. The zero-order valence-electron chi connectivity index (χ0n) is 12.1. The van der Waals surface area contributed by atoms with Gasteiger partial charge in [-0.3, -0.25) is 0 Å². The van der Waals surface area contributed by atoms with Crippen molar-refractivity contribution in [3.63, 3.8) is 0 Å². The molecule has 1 atom stereocenters. The molecule has 21 heavy (non-hydrogen) atoms. The van der Waals surface area contributed by atoms with Crippen LogP contribution < -0.4 is 10.1 Å². The van der Waals surface area contributed by atoms with Gasteiger partial charge in [-0.05, 0) is 38.3 Å². The van der Waals surface area contributed by atoms with Gasteiger partial charge in [-0.2, -0.15) is 4.98 Å². The normalized spacial score (nSPS) is 18.6. The summed E-state index contributed by atoms with van der Waals surface area (Å²) in [4.78, 5) is 12.5. The van der Waals surface area contributed by atoms with Crippen molar-refractivity contribution in [1.29, 1.82) is 0 Å². The van der Waals surface area contributed by atoms with Crippen molar-refractivity contribution in [2.24, 2.45) is 5.92 Å². The first-order valence-electron chi connectivity index (χ1n) is 7.25. The summed E-state index contributed by atoms with van der Waals surface area (Å²) in [6, 6.07) is 1.69. The zero-order valence-corrected chi connectivity index (χ0v) is 12.1. The number of nitrogens with zero attached hydrogens (tertiary/aromatic N) is 4. The van der Waals surface area contributed by atoms with E-state index in [4.69, 9.17) is 9.26 Å². The molecular weight excluding hydrogens is 270 g/mol. The van der Waals surface area contributed by atoms with Gasteiger partial charge >= 0.3 is 0 Å². The highest BCUT2D eigenvalue weighted by molar-refractivity contribution is 5.49. The van der Waals surface area contributed by atoms with E-state index < -0.39 is 0 Å². The number of aromatic nitrogens is 4. The smallest absolute Gasteiger partial charge is 0.227 e. The Morgan fingerprint density at radius 1 is 1.43 bits per heavy atom. The SMILES string of the molecule is COc1cc(-c2noc(CCC3CCCNC3)n2)ncn1. The van der Waals surface area contributed by atoms with Crippen LogP contribution in [0.5, 0.6) is 5.88 Å². The molecule has 1 saturated heterocycles. The summed E-state index contributed by atoms with van der Waals surface area (Å²) in [5.41, 5.74) is 0.608. The van der Waals surface area contributed by atoms with E-state index in [2.05, 4.69) is 25.4 Å². The Hall–Kier alpha value is -2.02. The standard InChI is InChI=1S/C14H19N5O2/c1-20-13-7-11(16-9-17-13)14-18-12(21-19-14)5-4-10-3-2-6-15-8-10/h7,9-10,15H,2-6,8H2,1H3. The van der Waals surface area contributed by atoms with Crippen LogP contribution in [0.15, 0.2) is 16.9 Å². The molecule has 1 aliphatic rings. The van der Waals surface area contributed by atoms with Crippen molar-refractivity contribution in [3.8, 4) is 17.4 Å². The molecule has 3 rings (SSSR count). The van der Waals surface area contributed by atoms with E-state index in [0.29, 0.717) is 29.2 Å². The maximum Gasteiger partial charge on any atom is 0.227 e. The zero-order chi connectivity index (χ0) is 14.5. The third-order valence-corrected chi connectivity index (χ3v) is 3.71. The first-order valence-corrected chi connectivity index (χ1v) is 7.25. The van der Waals surface area contributed by atoms with Crippen LogP contribution in [0.4, 0.5) is 0 Å². The largest absolute Gasteiger partial charge is 0.481 e. The first kappa shape index (κ1) is 13.9. The Morgan fingerprint density at radius 2 is 2.38 bits per heavy atom. The molecule has 0 aromatic carbocycles. The molecule has 0 aliphatic carbocycles. The van der Waals surface area contributed by atoms with E-state index >= 15 is 0 Å². The number of aryl methyl sites for hydroxylation is 1. The highest BCUT2D eigenvalue weighted by Crippen LogP contribution is 2.19. The second-order valence-electron chi connectivity index (χ2n) is 5.21. The Balaban J connectivity index is 1.62. The lowest BCUT2D eigenvalue weighted by molar-refractivity contribution is 0.327. The van der Waals surface area contributed by atoms with Crippen LogP contribution in [0, 0.1) is 5.92 Å². The predicted molar refractivity (Wildman–Crippen MR) is 75.8 cm³/mol. The molecule has 0 amide bonds. The quantitative estimate of drug-likeness (QED) is 0.891. The van der Waals surface area contributed by atoms with Crippen molar-refractivity contribution < 1.29 is 9.26 Å². The molecular formula is C14H19N5O2. The fourth-order valence-electron chi connectivity index (χ4n) is 2.53. The average Bonchev–Trinajstić information content (AvgIpc) is 3.03. The van der Waals surface area contributed by atoms with Gasteiger partial charge in [-0.25, -0.2) is 9.97 Å². The Labute approximate surface area is 123 Å². The van der Waals surface area contributed by atoms with E-state index in [9.17, 15) is 0 Å². The van der Waals surface area contributed by atoms with Crippen LogP contribution in [0.1, 0.15) is 25.2 Å². The summed E-state index contributed by atoms with van der Waals surface area (Å²) in [6.07, 6.45) is 5.83. The Kier molecular flexibility index (Phi) is 4.40. The molecule has 7 heteroatoms. The summed E-state index contributed by atoms with van der Waals surface area (Å²) in [6.45, 7) is 2.22. The Bertz CT molecular complexity index is 580. The summed E-state index contributed by atoms with van der Waals surface area (Å²) >= 11 is 0. The first-order chi connectivity index (χ1) is 10.3. The molecule has 1 fully saturated rings. The molecule has 2 aromatic heterocycles. The van der Waals surface area contributed by atoms with E-state index in [-0.39, 0.29) is 0 Å². The van der Waals surface area contributed by atoms with Gasteiger partial charge < -0.3 is 14.6 Å². The predicted octanol–water partition coefficient (Wildman–Crippen LogP) is 1.47. The van der Waals surface area contributed by atoms with Crippen LogP contribution in [-0.4, -0.2) is 40.3 Å². The van der Waals surface area contributed by atoms with Gasteiger partial charge in [0.15, 0.2) is 0 Å². The lowest BCUT2D eigenvalue weighted by Crippen LogP contribution is -2.29. The van der Waals surface area contributed by atoms with Crippen LogP contribution in [0.3, 0.4) is 0 Å². The number of hydrogen-bond acceptors (Lipinski definition) is 7. The fraction of sp³-hybridized carbons (Fsp3) is 0.571. The van der Waals surface area contributed by atoms with E-state index in [1.807, 2.05) is 0 Å². The average molecular weight is 289 g/mol. The third-order valence-electron chi connectivity index (χ3n) is 3.71. The number of ether oxygens (including phenoxy) is 1. The van der Waals surface area contributed by atoms with Gasteiger partial charge in [0.2, 0.25) is 17.6 Å². The molecule has 3 heterocycles. The molecule has 0 spiro atoms. The van der Waals surface area contributed by atoms with Crippen molar-refractivity contribution in [1.82, 2.24) is 25.4 Å². The van der Waals surface area contributed by atoms with E-state index in [1.165, 1.54) is 19.2 Å². The molecule has 2 aromatic rings. The Morgan fingerprint density at radius 3 is 3.19 bits per heavy atom. The highest BCUT2D eigenvalue weighted by atomic mass is 16.5. The van der Waals surface area contributed by atoms with Crippen LogP contribution in [0.25, 0.3) is 11.5 Å². The number of methoxy groups -OCH3 is 1. The van der Waals surface area contributed by atoms with Gasteiger partial charge in [0.1, 0.15) is 12.0 Å². The maximum atomic E-state index is 5.30. The van der Waals surface area contributed by atoms with Crippen LogP contribution in [0.2, 0.25) is 0 Å². The number of piperidine rings is 1. The van der Waals surface area contributed by atoms with Gasteiger partial charge in [-0.1, -0.05) is 5.16 Å². The van der Waals surface area contributed by atoms with Gasteiger partial charge in [0.25, 0.3) is 0 Å². The molecule has 1 unspecified atom stereocenters. The minimum Gasteiger partial charge on any atom is -0.481 e. The maximum absolute atomic E-state index is 5.30. The second-order valence-corrected chi connectivity index (χ2v) is 5.21. The van der Waals surface area contributed by atoms with Crippen molar-refractivity contribution in [2.75, 3.05) is 20.2 Å². The minimum absolute atomic E-state index is 0.479.